The number of benzene rings is 2. The first-order valence-electron chi connectivity index (χ1n) is 5.94. The first-order chi connectivity index (χ1) is 8.86. The van der Waals surface area contributed by atoms with Crippen LogP contribution in [0.2, 0.25) is 0 Å². The lowest BCUT2D eigenvalue weighted by molar-refractivity contribution is 1.32. The van der Waals surface area contributed by atoms with E-state index in [2.05, 4.69) is 54.0 Å². The van der Waals surface area contributed by atoms with E-state index in [1.165, 1.54) is 16.3 Å². The van der Waals surface area contributed by atoms with E-state index in [9.17, 15) is 0 Å². The van der Waals surface area contributed by atoms with Crippen LogP contribution in [0.3, 0.4) is 0 Å². The van der Waals surface area contributed by atoms with Crippen molar-refractivity contribution in [3.63, 3.8) is 0 Å². The Morgan fingerprint density at radius 2 is 1.56 bits per heavy atom. The molecule has 0 aliphatic heterocycles. The van der Waals surface area contributed by atoms with Crippen molar-refractivity contribution in [2.75, 3.05) is 0 Å². The van der Waals surface area contributed by atoms with Crippen LogP contribution in [0.15, 0.2) is 73.6 Å². The van der Waals surface area contributed by atoms with E-state index in [0.717, 1.165) is 11.1 Å². The quantitative estimate of drug-likeness (QED) is 0.641. The standard InChI is InChI=1S/C17H13N/c1-13(14-9-11-18-12-10-14)16-8-4-6-15-5-2-3-7-17(15)16/h2-12H,1H2. The molecule has 1 nitrogen and oxygen atoms in total. The van der Waals surface area contributed by atoms with Gasteiger partial charge in [-0.1, -0.05) is 49.0 Å². The van der Waals surface area contributed by atoms with Crippen molar-refractivity contribution in [2.45, 2.75) is 0 Å². The molecule has 0 N–H and O–H groups in total. The zero-order chi connectivity index (χ0) is 12.4. The highest BCUT2D eigenvalue weighted by molar-refractivity contribution is 5.96. The van der Waals surface area contributed by atoms with Crippen molar-refractivity contribution in [3.05, 3.63) is 84.7 Å². The monoisotopic (exact) mass is 231 g/mol. The molecule has 1 heteroatoms. The van der Waals surface area contributed by atoms with Crippen LogP contribution in [-0.4, -0.2) is 4.98 Å². The zero-order valence-corrected chi connectivity index (χ0v) is 10.0. The van der Waals surface area contributed by atoms with E-state index in [4.69, 9.17) is 0 Å². The van der Waals surface area contributed by atoms with Gasteiger partial charge in [-0.15, -0.1) is 0 Å². The van der Waals surface area contributed by atoms with Crippen LogP contribution < -0.4 is 0 Å². The lowest BCUT2D eigenvalue weighted by Gasteiger charge is -2.09. The first kappa shape index (κ1) is 10.7. The van der Waals surface area contributed by atoms with E-state index >= 15 is 0 Å². The molecule has 0 spiro atoms. The van der Waals surface area contributed by atoms with E-state index in [1.54, 1.807) is 12.4 Å². The number of hydrogen-bond donors (Lipinski definition) is 0. The van der Waals surface area contributed by atoms with Gasteiger partial charge in [-0.05, 0) is 39.6 Å². The van der Waals surface area contributed by atoms with E-state index in [0.29, 0.717) is 0 Å². The summed E-state index contributed by atoms with van der Waals surface area (Å²) >= 11 is 0. The Kier molecular flexibility index (Phi) is 2.66. The molecule has 0 aliphatic carbocycles. The van der Waals surface area contributed by atoms with E-state index in [-0.39, 0.29) is 0 Å². The Bertz CT molecular complexity index is 694. The summed E-state index contributed by atoms with van der Waals surface area (Å²) in [7, 11) is 0. The minimum atomic E-state index is 1.04. The molecule has 18 heavy (non-hydrogen) atoms. The maximum Gasteiger partial charge on any atom is 0.0273 e. The minimum absolute atomic E-state index is 1.04. The molecular formula is C17H13N. The SMILES string of the molecule is C=C(c1ccncc1)c1cccc2ccccc12. The molecule has 86 valence electrons. The Morgan fingerprint density at radius 1 is 0.833 bits per heavy atom. The highest BCUT2D eigenvalue weighted by Gasteiger charge is 2.05. The number of pyridine rings is 1. The molecule has 3 rings (SSSR count). The van der Waals surface area contributed by atoms with Crippen LogP contribution in [0, 0.1) is 0 Å². The molecule has 0 saturated heterocycles. The average Bonchev–Trinajstić information content (AvgIpc) is 2.47. The molecule has 0 amide bonds. The van der Waals surface area contributed by atoms with Gasteiger partial charge in [0.25, 0.3) is 0 Å². The number of aromatic nitrogens is 1. The van der Waals surface area contributed by atoms with E-state index in [1.807, 2.05) is 12.1 Å². The number of fused-ring (bicyclic) bond motifs is 1. The number of rotatable bonds is 2. The number of nitrogens with zero attached hydrogens (tertiary/aromatic N) is 1. The van der Waals surface area contributed by atoms with Crippen LogP contribution in [-0.2, 0) is 0 Å². The van der Waals surface area contributed by atoms with Gasteiger partial charge in [0.1, 0.15) is 0 Å². The lowest BCUT2D eigenvalue weighted by Crippen LogP contribution is -1.88. The summed E-state index contributed by atoms with van der Waals surface area (Å²) in [6.07, 6.45) is 3.59. The molecule has 3 aromatic rings. The van der Waals surface area contributed by atoms with Gasteiger partial charge in [0.05, 0.1) is 0 Å². The topological polar surface area (TPSA) is 12.9 Å². The molecule has 0 atom stereocenters. The molecule has 2 aromatic carbocycles. The zero-order valence-electron chi connectivity index (χ0n) is 10.0. The van der Waals surface area contributed by atoms with Crippen molar-refractivity contribution in [1.29, 1.82) is 0 Å². The van der Waals surface area contributed by atoms with Gasteiger partial charge < -0.3 is 0 Å². The smallest absolute Gasteiger partial charge is 0.0273 e. The van der Waals surface area contributed by atoms with Crippen LogP contribution in [0.25, 0.3) is 16.3 Å². The fourth-order valence-corrected chi connectivity index (χ4v) is 2.20. The van der Waals surface area contributed by atoms with Crippen molar-refractivity contribution in [1.82, 2.24) is 4.98 Å². The molecule has 1 aromatic heterocycles. The predicted octanol–water partition coefficient (Wildman–Crippen LogP) is 4.30. The van der Waals surface area contributed by atoms with Crippen LogP contribution in [0.1, 0.15) is 11.1 Å². The molecule has 0 aliphatic rings. The first-order valence-corrected chi connectivity index (χ1v) is 5.94. The highest BCUT2D eigenvalue weighted by Crippen LogP contribution is 2.28. The molecule has 0 radical (unpaired) electrons. The van der Waals surface area contributed by atoms with Gasteiger partial charge >= 0.3 is 0 Å². The average molecular weight is 231 g/mol. The Hall–Kier alpha value is -2.41. The highest BCUT2D eigenvalue weighted by atomic mass is 14.6. The summed E-state index contributed by atoms with van der Waals surface area (Å²) in [5, 5.41) is 2.48. The van der Waals surface area contributed by atoms with Crippen molar-refractivity contribution in [2.24, 2.45) is 0 Å². The summed E-state index contributed by atoms with van der Waals surface area (Å²) in [5.74, 6) is 0. The van der Waals surface area contributed by atoms with Crippen LogP contribution in [0.5, 0.6) is 0 Å². The largest absolute Gasteiger partial charge is 0.265 e. The van der Waals surface area contributed by atoms with Gasteiger partial charge in [0.2, 0.25) is 0 Å². The molecule has 1 heterocycles. The Balaban J connectivity index is 2.18. The summed E-state index contributed by atoms with van der Waals surface area (Å²) < 4.78 is 0. The molecule has 0 saturated carbocycles. The lowest BCUT2D eigenvalue weighted by atomic mass is 9.95. The molecule has 0 bridgehead atoms. The Labute approximate surface area is 106 Å². The second kappa shape index (κ2) is 4.46. The van der Waals surface area contributed by atoms with Crippen molar-refractivity contribution < 1.29 is 0 Å². The van der Waals surface area contributed by atoms with Gasteiger partial charge in [-0.2, -0.15) is 0 Å². The van der Waals surface area contributed by atoms with Gasteiger partial charge in [0, 0.05) is 12.4 Å². The third kappa shape index (κ3) is 1.80. The Morgan fingerprint density at radius 3 is 2.39 bits per heavy atom. The normalized spacial score (nSPS) is 10.4. The predicted molar refractivity (Wildman–Crippen MR) is 76.3 cm³/mol. The minimum Gasteiger partial charge on any atom is -0.265 e. The van der Waals surface area contributed by atoms with Crippen LogP contribution >= 0.6 is 0 Å². The fraction of sp³-hybridized carbons (Fsp3) is 0. The molecule has 0 fully saturated rings. The van der Waals surface area contributed by atoms with Gasteiger partial charge in [-0.3, -0.25) is 4.98 Å². The maximum absolute atomic E-state index is 4.22. The summed E-state index contributed by atoms with van der Waals surface area (Å²) in [5.41, 5.74) is 3.33. The summed E-state index contributed by atoms with van der Waals surface area (Å²) in [6, 6.07) is 18.7. The number of hydrogen-bond acceptors (Lipinski definition) is 1. The second-order valence-electron chi connectivity index (χ2n) is 4.24. The molecule has 0 unspecified atom stereocenters. The van der Waals surface area contributed by atoms with Crippen molar-refractivity contribution in [3.8, 4) is 0 Å². The van der Waals surface area contributed by atoms with Crippen LogP contribution in [0.4, 0.5) is 0 Å². The van der Waals surface area contributed by atoms with E-state index < -0.39 is 0 Å². The summed E-state index contributed by atoms with van der Waals surface area (Å²) in [6.45, 7) is 4.22. The fourth-order valence-electron chi connectivity index (χ4n) is 2.20. The van der Waals surface area contributed by atoms with Gasteiger partial charge in [-0.25, -0.2) is 0 Å². The van der Waals surface area contributed by atoms with Crippen molar-refractivity contribution >= 4 is 16.3 Å². The summed E-state index contributed by atoms with van der Waals surface area (Å²) in [4.78, 5) is 4.04. The van der Waals surface area contributed by atoms with Gasteiger partial charge in [0.15, 0.2) is 0 Å². The molecular weight excluding hydrogens is 218 g/mol. The second-order valence-corrected chi connectivity index (χ2v) is 4.24. The third-order valence-electron chi connectivity index (χ3n) is 3.14. The third-order valence-corrected chi connectivity index (χ3v) is 3.14. The maximum atomic E-state index is 4.22.